The molecule has 1 aromatic carbocycles. The van der Waals surface area contributed by atoms with E-state index in [0.717, 1.165) is 41.9 Å². The molecule has 0 radical (unpaired) electrons. The van der Waals surface area contributed by atoms with Crippen molar-refractivity contribution in [2.45, 2.75) is 51.2 Å². The summed E-state index contributed by atoms with van der Waals surface area (Å²) in [6.45, 7) is 1.02. The van der Waals surface area contributed by atoms with Crippen LogP contribution in [0, 0.1) is 5.82 Å². The number of hydrogen-bond acceptors (Lipinski definition) is 3. The normalized spacial score (nSPS) is 14.9. The molecule has 1 amide bonds. The minimum absolute atomic E-state index is 0.0854. The first kappa shape index (κ1) is 18.9. The topological polar surface area (TPSA) is 38.1 Å². The van der Waals surface area contributed by atoms with Crippen molar-refractivity contribution in [1.82, 2.24) is 14.5 Å². The third kappa shape index (κ3) is 4.33. The van der Waals surface area contributed by atoms with Crippen LogP contribution >= 0.6 is 11.3 Å². The maximum Gasteiger partial charge on any atom is 0.264 e. The fraction of sp³-hybridized carbons (Fsp3) is 0.364. The highest BCUT2D eigenvalue weighted by Gasteiger charge is 2.28. The van der Waals surface area contributed by atoms with E-state index in [1.807, 2.05) is 39.2 Å². The van der Waals surface area contributed by atoms with E-state index in [4.69, 9.17) is 0 Å². The van der Waals surface area contributed by atoms with Crippen molar-refractivity contribution >= 4 is 17.2 Å². The van der Waals surface area contributed by atoms with Gasteiger partial charge in [0.05, 0.1) is 11.4 Å². The Morgan fingerprint density at radius 1 is 1.21 bits per heavy atom. The molecule has 0 saturated heterocycles. The van der Waals surface area contributed by atoms with E-state index in [9.17, 15) is 9.18 Å². The zero-order valence-corrected chi connectivity index (χ0v) is 16.6. The van der Waals surface area contributed by atoms with Gasteiger partial charge in [0.2, 0.25) is 0 Å². The number of thiophene rings is 1. The number of nitrogens with zero attached hydrogens (tertiary/aromatic N) is 3. The van der Waals surface area contributed by atoms with Crippen molar-refractivity contribution < 1.29 is 9.18 Å². The second-order valence-electron chi connectivity index (χ2n) is 7.30. The molecular formula is C22H24FN3OS. The fourth-order valence-electron chi connectivity index (χ4n) is 3.92. The summed E-state index contributed by atoms with van der Waals surface area (Å²) < 4.78 is 15.5. The molecule has 0 aliphatic heterocycles. The average molecular weight is 398 g/mol. The van der Waals surface area contributed by atoms with Gasteiger partial charge in [0.25, 0.3) is 5.91 Å². The van der Waals surface area contributed by atoms with Crippen LogP contribution in [0.1, 0.15) is 53.2 Å². The molecule has 0 unspecified atom stereocenters. The van der Waals surface area contributed by atoms with Crippen LogP contribution in [0.3, 0.4) is 0 Å². The Morgan fingerprint density at radius 3 is 2.82 bits per heavy atom. The second-order valence-corrected chi connectivity index (χ2v) is 8.25. The summed E-state index contributed by atoms with van der Waals surface area (Å²) in [5, 5.41) is 1.94. The largest absolute Gasteiger partial charge is 0.329 e. The maximum absolute atomic E-state index is 13.5. The van der Waals surface area contributed by atoms with Gasteiger partial charge in [-0.25, -0.2) is 9.37 Å². The van der Waals surface area contributed by atoms with Crippen molar-refractivity contribution in [2.75, 3.05) is 0 Å². The predicted octanol–water partition coefficient (Wildman–Crippen LogP) is 5.11. The summed E-state index contributed by atoms with van der Waals surface area (Å²) in [6.07, 6.45) is 9.31. The highest BCUT2D eigenvalue weighted by molar-refractivity contribution is 7.12. The summed E-state index contributed by atoms with van der Waals surface area (Å²) >= 11 is 1.48. The number of carbonyl (C=O) groups excluding carboxylic acids is 1. The Balaban J connectivity index is 1.57. The number of imidazole rings is 1. The van der Waals surface area contributed by atoms with E-state index in [1.165, 1.54) is 23.8 Å². The van der Waals surface area contributed by atoms with Crippen molar-refractivity contribution in [3.63, 3.8) is 0 Å². The Hall–Kier alpha value is -2.47. The number of rotatable bonds is 6. The van der Waals surface area contributed by atoms with Gasteiger partial charge in [0.1, 0.15) is 11.6 Å². The van der Waals surface area contributed by atoms with Gasteiger partial charge in [-0.15, -0.1) is 11.3 Å². The summed E-state index contributed by atoms with van der Waals surface area (Å²) in [7, 11) is 0. The van der Waals surface area contributed by atoms with E-state index in [-0.39, 0.29) is 17.8 Å². The molecule has 4 nitrogen and oxygen atoms in total. The lowest BCUT2D eigenvalue weighted by Crippen LogP contribution is -2.41. The van der Waals surface area contributed by atoms with Gasteiger partial charge in [-0.1, -0.05) is 37.5 Å². The third-order valence-electron chi connectivity index (χ3n) is 5.36. The van der Waals surface area contributed by atoms with Crippen LogP contribution in [-0.4, -0.2) is 26.4 Å². The summed E-state index contributed by atoms with van der Waals surface area (Å²) in [4.78, 5) is 20.5. The van der Waals surface area contributed by atoms with E-state index >= 15 is 0 Å². The SMILES string of the molecule is O=C(c1cccs1)N(Cc1nccn1Cc1cccc(F)c1)C1CCCCC1. The Bertz CT molecular complexity index is 916. The molecule has 3 aromatic rings. The second kappa shape index (κ2) is 8.69. The minimum atomic E-state index is -0.240. The zero-order valence-electron chi connectivity index (χ0n) is 15.8. The molecule has 0 N–H and O–H groups in total. The number of amides is 1. The first-order valence-corrected chi connectivity index (χ1v) is 10.7. The first-order valence-electron chi connectivity index (χ1n) is 9.79. The van der Waals surface area contributed by atoms with E-state index in [0.29, 0.717) is 13.1 Å². The summed E-state index contributed by atoms with van der Waals surface area (Å²) in [5.74, 6) is 0.679. The number of hydrogen-bond donors (Lipinski definition) is 0. The monoisotopic (exact) mass is 397 g/mol. The molecule has 146 valence electrons. The minimum Gasteiger partial charge on any atom is -0.329 e. The van der Waals surface area contributed by atoms with Gasteiger partial charge in [-0.2, -0.15) is 0 Å². The molecule has 6 heteroatoms. The molecule has 0 spiro atoms. The van der Waals surface area contributed by atoms with Gasteiger partial charge >= 0.3 is 0 Å². The third-order valence-corrected chi connectivity index (χ3v) is 6.22. The molecule has 4 rings (SSSR count). The van der Waals surface area contributed by atoms with E-state index in [1.54, 1.807) is 18.3 Å². The van der Waals surface area contributed by atoms with Crippen LogP contribution in [0.4, 0.5) is 4.39 Å². The van der Waals surface area contributed by atoms with Gasteiger partial charge in [0.15, 0.2) is 0 Å². The molecule has 1 saturated carbocycles. The van der Waals surface area contributed by atoms with Gasteiger partial charge < -0.3 is 9.47 Å². The smallest absolute Gasteiger partial charge is 0.264 e. The van der Waals surface area contributed by atoms with Crippen LogP contribution in [0.15, 0.2) is 54.2 Å². The van der Waals surface area contributed by atoms with E-state index < -0.39 is 0 Å². The van der Waals surface area contributed by atoms with Crippen LogP contribution in [0.5, 0.6) is 0 Å². The standard InChI is InChI=1S/C22H24FN3OS/c23-18-7-4-6-17(14-18)15-25-12-11-24-21(25)16-26(19-8-2-1-3-9-19)22(27)20-10-5-13-28-20/h4-7,10-14,19H,1-3,8-9,15-16H2. The van der Waals surface area contributed by atoms with E-state index in [2.05, 4.69) is 4.98 Å². The van der Waals surface area contributed by atoms with Gasteiger partial charge in [-0.3, -0.25) is 4.79 Å². The summed E-state index contributed by atoms with van der Waals surface area (Å²) in [5.41, 5.74) is 0.882. The lowest BCUT2D eigenvalue weighted by atomic mass is 9.94. The quantitative estimate of drug-likeness (QED) is 0.580. The first-order chi connectivity index (χ1) is 13.7. The molecule has 1 fully saturated rings. The molecule has 1 aliphatic carbocycles. The Kier molecular flexibility index (Phi) is 5.86. The molecular weight excluding hydrogens is 373 g/mol. The van der Waals surface area contributed by atoms with Gasteiger partial charge in [-0.05, 0) is 42.0 Å². The number of aromatic nitrogens is 2. The highest BCUT2D eigenvalue weighted by atomic mass is 32.1. The Morgan fingerprint density at radius 2 is 2.07 bits per heavy atom. The number of carbonyl (C=O) groups is 1. The molecule has 2 aromatic heterocycles. The lowest BCUT2D eigenvalue weighted by Gasteiger charge is -2.34. The van der Waals surface area contributed by atoms with Crippen LogP contribution in [-0.2, 0) is 13.1 Å². The number of benzene rings is 1. The van der Waals surface area contributed by atoms with Gasteiger partial charge in [0, 0.05) is 25.0 Å². The van der Waals surface area contributed by atoms with Crippen LogP contribution in [0.25, 0.3) is 0 Å². The summed E-state index contributed by atoms with van der Waals surface area (Å²) in [6, 6.07) is 10.7. The number of halogens is 1. The van der Waals surface area contributed by atoms with Crippen molar-refractivity contribution in [3.05, 3.63) is 76.3 Å². The van der Waals surface area contributed by atoms with Crippen LogP contribution < -0.4 is 0 Å². The Labute approximate surface area is 168 Å². The zero-order chi connectivity index (χ0) is 19.3. The molecule has 2 heterocycles. The van der Waals surface area contributed by atoms with Crippen molar-refractivity contribution in [3.8, 4) is 0 Å². The average Bonchev–Trinajstić information content (AvgIpc) is 3.39. The molecule has 28 heavy (non-hydrogen) atoms. The van der Waals surface area contributed by atoms with Crippen molar-refractivity contribution in [1.29, 1.82) is 0 Å². The highest BCUT2D eigenvalue weighted by Crippen LogP contribution is 2.26. The molecule has 1 aliphatic rings. The van der Waals surface area contributed by atoms with Crippen LogP contribution in [0.2, 0.25) is 0 Å². The maximum atomic E-state index is 13.5. The van der Waals surface area contributed by atoms with Crippen molar-refractivity contribution in [2.24, 2.45) is 0 Å². The molecule has 0 atom stereocenters. The lowest BCUT2D eigenvalue weighted by molar-refractivity contribution is 0.0610. The fourth-order valence-corrected chi connectivity index (χ4v) is 4.60. The predicted molar refractivity (Wildman–Crippen MR) is 109 cm³/mol. The molecule has 0 bridgehead atoms.